The lowest BCUT2D eigenvalue weighted by molar-refractivity contribution is 0.402. The number of nitrogens with one attached hydrogen (secondary N) is 1. The maximum absolute atomic E-state index is 4.34. The highest BCUT2D eigenvalue weighted by molar-refractivity contribution is 5.05. The number of hydrogen-bond donors (Lipinski definition) is 1. The molecule has 1 aromatic heterocycles. The van der Waals surface area contributed by atoms with Gasteiger partial charge in [0.15, 0.2) is 0 Å². The lowest BCUT2D eigenvalue weighted by atomic mass is 9.99. The van der Waals surface area contributed by atoms with Gasteiger partial charge in [-0.15, -0.1) is 0 Å². The smallest absolute Gasteiger partial charge is 0.0419 e. The van der Waals surface area contributed by atoms with E-state index in [4.69, 9.17) is 0 Å². The van der Waals surface area contributed by atoms with E-state index in [0.29, 0.717) is 12.0 Å². The van der Waals surface area contributed by atoms with Crippen molar-refractivity contribution >= 4 is 0 Å². The summed E-state index contributed by atoms with van der Waals surface area (Å²) in [4.78, 5) is 4.34. The van der Waals surface area contributed by atoms with Gasteiger partial charge in [-0.2, -0.15) is 0 Å². The van der Waals surface area contributed by atoms with E-state index in [1.54, 1.807) is 0 Å². The quantitative estimate of drug-likeness (QED) is 0.774. The summed E-state index contributed by atoms with van der Waals surface area (Å²) in [7, 11) is 0. The minimum absolute atomic E-state index is 0.537. The number of nitrogens with zero attached hydrogens (tertiary/aromatic N) is 1. The third-order valence-electron chi connectivity index (χ3n) is 2.43. The Morgan fingerprint density at radius 3 is 2.64 bits per heavy atom. The molecule has 0 saturated carbocycles. The molecular weight excluding hydrogens is 172 g/mol. The summed E-state index contributed by atoms with van der Waals surface area (Å²) in [6.45, 7) is 7.66. The molecule has 2 nitrogen and oxygen atoms in total. The number of hydrogen-bond acceptors (Lipinski definition) is 2. The van der Waals surface area contributed by atoms with Gasteiger partial charge in [-0.3, -0.25) is 4.98 Å². The first kappa shape index (κ1) is 11.2. The number of aromatic nitrogens is 1. The molecule has 0 aliphatic carbocycles. The fraction of sp³-hybridized carbons (Fsp3) is 0.583. The van der Waals surface area contributed by atoms with Crippen LogP contribution in [0.5, 0.6) is 0 Å². The maximum atomic E-state index is 4.34. The first-order chi connectivity index (χ1) is 6.74. The van der Waals surface area contributed by atoms with Crippen LogP contribution >= 0.6 is 0 Å². The van der Waals surface area contributed by atoms with Gasteiger partial charge in [-0.1, -0.05) is 26.8 Å². The van der Waals surface area contributed by atoms with Crippen molar-refractivity contribution in [3.8, 4) is 0 Å². The molecule has 1 N–H and O–H groups in total. The summed E-state index contributed by atoms with van der Waals surface area (Å²) < 4.78 is 0. The Labute approximate surface area is 86.8 Å². The van der Waals surface area contributed by atoms with Crippen molar-refractivity contribution in [1.82, 2.24) is 10.3 Å². The summed E-state index contributed by atoms with van der Waals surface area (Å²) in [5.41, 5.74) is 1.17. The summed E-state index contributed by atoms with van der Waals surface area (Å²) in [6, 6.07) is 6.63. The van der Waals surface area contributed by atoms with E-state index in [2.05, 4.69) is 37.1 Å². The zero-order valence-electron chi connectivity index (χ0n) is 9.33. The fourth-order valence-corrected chi connectivity index (χ4v) is 1.55. The van der Waals surface area contributed by atoms with Crippen molar-refractivity contribution in [2.45, 2.75) is 33.2 Å². The van der Waals surface area contributed by atoms with Crippen molar-refractivity contribution in [3.63, 3.8) is 0 Å². The first-order valence-corrected chi connectivity index (χ1v) is 5.37. The molecule has 1 atom stereocenters. The molecule has 0 aliphatic heterocycles. The van der Waals surface area contributed by atoms with Gasteiger partial charge in [-0.05, 0) is 24.6 Å². The lowest BCUT2D eigenvalue weighted by Crippen LogP contribution is -2.35. The van der Waals surface area contributed by atoms with E-state index in [1.807, 2.05) is 18.3 Å². The molecule has 14 heavy (non-hydrogen) atoms. The second kappa shape index (κ2) is 5.76. The number of likely N-dealkylation sites (N-methyl/N-ethyl adjacent to an activating group) is 1. The fourth-order valence-electron chi connectivity index (χ4n) is 1.55. The molecule has 2 heteroatoms. The van der Waals surface area contributed by atoms with E-state index < -0.39 is 0 Å². The second-order valence-corrected chi connectivity index (χ2v) is 3.93. The lowest BCUT2D eigenvalue weighted by Gasteiger charge is -2.21. The highest BCUT2D eigenvalue weighted by atomic mass is 14.9. The van der Waals surface area contributed by atoms with E-state index in [9.17, 15) is 0 Å². The van der Waals surface area contributed by atoms with Crippen LogP contribution < -0.4 is 5.32 Å². The van der Waals surface area contributed by atoms with Gasteiger partial charge >= 0.3 is 0 Å². The molecule has 0 fully saturated rings. The van der Waals surface area contributed by atoms with Crippen LogP contribution in [0.4, 0.5) is 0 Å². The van der Waals surface area contributed by atoms with Crippen molar-refractivity contribution in [3.05, 3.63) is 30.1 Å². The Hall–Kier alpha value is -0.890. The summed E-state index contributed by atoms with van der Waals surface area (Å²) in [5.74, 6) is 0.650. The third-order valence-corrected chi connectivity index (χ3v) is 2.43. The molecule has 0 amide bonds. The van der Waals surface area contributed by atoms with Gasteiger partial charge < -0.3 is 5.32 Å². The van der Waals surface area contributed by atoms with Gasteiger partial charge in [0, 0.05) is 24.4 Å². The predicted molar refractivity (Wildman–Crippen MR) is 60.2 cm³/mol. The van der Waals surface area contributed by atoms with E-state index >= 15 is 0 Å². The molecular formula is C12H20N2. The van der Waals surface area contributed by atoms with Crippen LogP contribution in [-0.2, 0) is 6.42 Å². The Morgan fingerprint density at radius 1 is 1.36 bits per heavy atom. The first-order valence-electron chi connectivity index (χ1n) is 5.37. The molecule has 1 unspecified atom stereocenters. The SMILES string of the molecule is CCNC(Cc1ccccn1)C(C)C. The zero-order chi connectivity index (χ0) is 10.4. The normalized spacial score (nSPS) is 13.1. The monoisotopic (exact) mass is 192 g/mol. The zero-order valence-corrected chi connectivity index (χ0v) is 9.33. The van der Waals surface area contributed by atoms with Crippen molar-refractivity contribution in [2.24, 2.45) is 5.92 Å². The van der Waals surface area contributed by atoms with Gasteiger partial charge in [0.05, 0.1) is 0 Å². The van der Waals surface area contributed by atoms with Crippen LogP contribution in [0.25, 0.3) is 0 Å². The number of pyridine rings is 1. The number of rotatable bonds is 5. The summed E-state index contributed by atoms with van der Waals surface area (Å²) in [5, 5.41) is 3.49. The Morgan fingerprint density at radius 2 is 2.14 bits per heavy atom. The Kier molecular flexibility index (Phi) is 4.60. The average molecular weight is 192 g/mol. The van der Waals surface area contributed by atoms with Crippen LogP contribution in [0.3, 0.4) is 0 Å². The predicted octanol–water partition coefficient (Wildman–Crippen LogP) is 2.26. The van der Waals surface area contributed by atoms with Gasteiger partial charge in [0.2, 0.25) is 0 Å². The molecule has 0 spiro atoms. The molecule has 1 aromatic rings. The molecule has 0 saturated heterocycles. The summed E-state index contributed by atoms with van der Waals surface area (Å²) in [6.07, 6.45) is 2.88. The van der Waals surface area contributed by atoms with Gasteiger partial charge in [0.1, 0.15) is 0 Å². The average Bonchev–Trinajstić information content (AvgIpc) is 2.18. The largest absolute Gasteiger partial charge is 0.314 e. The highest BCUT2D eigenvalue weighted by Crippen LogP contribution is 2.07. The minimum Gasteiger partial charge on any atom is -0.314 e. The topological polar surface area (TPSA) is 24.9 Å². The van der Waals surface area contributed by atoms with Crippen LogP contribution in [0.15, 0.2) is 24.4 Å². The van der Waals surface area contributed by atoms with Crippen molar-refractivity contribution < 1.29 is 0 Å². The molecule has 0 aliphatic rings. The Balaban J connectivity index is 2.55. The van der Waals surface area contributed by atoms with Crippen LogP contribution in [0, 0.1) is 5.92 Å². The maximum Gasteiger partial charge on any atom is 0.0419 e. The second-order valence-electron chi connectivity index (χ2n) is 3.93. The van der Waals surface area contributed by atoms with Gasteiger partial charge in [0.25, 0.3) is 0 Å². The Bertz CT molecular complexity index is 244. The van der Waals surface area contributed by atoms with Crippen molar-refractivity contribution in [2.75, 3.05) is 6.54 Å². The van der Waals surface area contributed by atoms with Gasteiger partial charge in [-0.25, -0.2) is 0 Å². The van der Waals surface area contributed by atoms with Crippen LogP contribution in [-0.4, -0.2) is 17.6 Å². The molecule has 0 aromatic carbocycles. The summed E-state index contributed by atoms with van der Waals surface area (Å²) >= 11 is 0. The molecule has 0 bridgehead atoms. The molecule has 78 valence electrons. The van der Waals surface area contributed by atoms with E-state index in [-0.39, 0.29) is 0 Å². The molecule has 1 heterocycles. The van der Waals surface area contributed by atoms with Crippen molar-refractivity contribution in [1.29, 1.82) is 0 Å². The van der Waals surface area contributed by atoms with E-state index in [1.165, 1.54) is 5.69 Å². The van der Waals surface area contributed by atoms with Crippen LogP contribution in [0.1, 0.15) is 26.5 Å². The minimum atomic E-state index is 0.537. The standard InChI is InChI=1S/C12H20N2/c1-4-13-12(10(2)3)9-11-7-5-6-8-14-11/h5-8,10,12-13H,4,9H2,1-3H3. The third kappa shape index (κ3) is 3.46. The highest BCUT2D eigenvalue weighted by Gasteiger charge is 2.12. The van der Waals surface area contributed by atoms with E-state index in [0.717, 1.165) is 13.0 Å². The molecule has 0 radical (unpaired) electrons. The molecule has 1 rings (SSSR count). The van der Waals surface area contributed by atoms with Crippen LogP contribution in [0.2, 0.25) is 0 Å².